The molecule has 1 N–H and O–H groups in total. The van der Waals surface area contributed by atoms with Crippen LogP contribution in [-0.4, -0.2) is 57.2 Å². The number of hydrogen-bond donors (Lipinski definition) is 1. The molecule has 0 saturated carbocycles. The van der Waals surface area contributed by atoms with Crippen molar-refractivity contribution in [3.63, 3.8) is 0 Å². The highest BCUT2D eigenvalue weighted by molar-refractivity contribution is 7.92. The monoisotopic (exact) mass is 484 g/mol. The first-order valence-electron chi connectivity index (χ1n) is 10.7. The van der Waals surface area contributed by atoms with Gasteiger partial charge in [0.2, 0.25) is 27.7 Å². The van der Waals surface area contributed by atoms with Gasteiger partial charge in [-0.1, -0.05) is 0 Å². The molecule has 0 radical (unpaired) electrons. The molecule has 11 nitrogen and oxygen atoms in total. The van der Waals surface area contributed by atoms with Crippen LogP contribution < -0.4 is 9.46 Å². The van der Waals surface area contributed by atoms with E-state index in [0.29, 0.717) is 29.6 Å². The molecule has 34 heavy (non-hydrogen) atoms. The summed E-state index contributed by atoms with van der Waals surface area (Å²) in [6.07, 6.45) is 2.40. The molecule has 0 spiro atoms. The minimum atomic E-state index is -3.76. The number of aryl methyl sites for hydroxylation is 2. The zero-order valence-electron chi connectivity index (χ0n) is 18.8. The van der Waals surface area contributed by atoms with Gasteiger partial charge in [-0.15, -0.1) is 0 Å². The molecule has 0 bridgehead atoms. The molecule has 178 valence electrons. The van der Waals surface area contributed by atoms with Gasteiger partial charge >= 0.3 is 0 Å². The van der Waals surface area contributed by atoms with Crippen LogP contribution in [0.1, 0.15) is 30.7 Å². The van der Waals surface area contributed by atoms with E-state index in [9.17, 15) is 18.0 Å². The van der Waals surface area contributed by atoms with E-state index >= 15 is 0 Å². The summed E-state index contributed by atoms with van der Waals surface area (Å²) >= 11 is 0. The number of nitrogens with one attached hydrogen (secondary N) is 1. The highest BCUT2D eigenvalue weighted by atomic mass is 32.2. The average molecular weight is 485 g/mol. The molecule has 1 saturated heterocycles. The third-order valence-electron chi connectivity index (χ3n) is 5.17. The number of ether oxygens (including phenoxy) is 1. The lowest BCUT2D eigenvalue weighted by atomic mass is 10.1. The molecule has 0 atom stereocenters. The van der Waals surface area contributed by atoms with Gasteiger partial charge in [0, 0.05) is 36.8 Å². The third-order valence-corrected chi connectivity index (χ3v) is 6.44. The molecule has 3 aromatic rings. The van der Waals surface area contributed by atoms with Crippen molar-refractivity contribution in [2.24, 2.45) is 0 Å². The van der Waals surface area contributed by atoms with E-state index in [1.807, 2.05) is 19.9 Å². The Hall–Kier alpha value is -3.80. The van der Waals surface area contributed by atoms with E-state index in [2.05, 4.69) is 19.8 Å². The first-order valence-corrected chi connectivity index (χ1v) is 12.3. The molecule has 1 aliphatic heterocycles. The fraction of sp³-hybridized carbons (Fsp3) is 0.318. The van der Waals surface area contributed by atoms with Crippen LogP contribution in [0.15, 0.2) is 42.7 Å². The molecule has 1 aliphatic rings. The number of anilines is 1. The molecule has 2 amide bonds. The van der Waals surface area contributed by atoms with E-state index < -0.39 is 10.0 Å². The van der Waals surface area contributed by atoms with Crippen LogP contribution in [0.25, 0.3) is 5.82 Å². The first kappa shape index (κ1) is 23.4. The highest BCUT2D eigenvalue weighted by Crippen LogP contribution is 2.23. The Kier molecular flexibility index (Phi) is 6.59. The fourth-order valence-electron chi connectivity index (χ4n) is 3.57. The number of likely N-dealkylation sites (tertiary alicyclic amines) is 1. The second-order valence-corrected chi connectivity index (χ2v) is 9.74. The van der Waals surface area contributed by atoms with Crippen LogP contribution in [0.2, 0.25) is 0 Å². The van der Waals surface area contributed by atoms with Gasteiger partial charge in [0.15, 0.2) is 5.82 Å². The number of imide groups is 1. The Balaban J connectivity index is 1.38. The van der Waals surface area contributed by atoms with Gasteiger partial charge in [0.1, 0.15) is 12.1 Å². The van der Waals surface area contributed by atoms with E-state index in [1.165, 1.54) is 6.33 Å². The number of carbonyl (C=O) groups excluding carboxylic acids is 2. The number of piperidine rings is 1. The maximum absolute atomic E-state index is 12.4. The zero-order chi connectivity index (χ0) is 24.3. The molecule has 0 unspecified atom stereocenters. The van der Waals surface area contributed by atoms with Crippen LogP contribution in [-0.2, 0) is 19.6 Å². The van der Waals surface area contributed by atoms with Crippen LogP contribution in [0.4, 0.5) is 5.69 Å². The van der Waals surface area contributed by atoms with Crippen molar-refractivity contribution in [3.8, 4) is 17.4 Å². The predicted molar refractivity (Wildman–Crippen MR) is 123 cm³/mol. The summed E-state index contributed by atoms with van der Waals surface area (Å²) in [4.78, 5) is 33.1. The van der Waals surface area contributed by atoms with Crippen molar-refractivity contribution in [3.05, 3.63) is 54.1 Å². The Labute approximate surface area is 196 Å². The zero-order valence-corrected chi connectivity index (χ0v) is 19.6. The van der Waals surface area contributed by atoms with Crippen LogP contribution >= 0.6 is 0 Å². The molecule has 2 aromatic heterocycles. The summed E-state index contributed by atoms with van der Waals surface area (Å²) in [6, 6.07) is 9.88. The SMILES string of the molecule is Cc1cc(C)n(-c2cc(Oc3ccc(NS(=O)(=O)CCN4C(=O)CCCC4=O)cc3)ncn2)n1. The molecule has 4 rings (SSSR count). The quantitative estimate of drug-likeness (QED) is 0.481. The van der Waals surface area contributed by atoms with Crippen LogP contribution in [0.3, 0.4) is 0 Å². The standard InChI is InChI=1S/C22H24N6O5S/c1-15-12-16(2)28(25-15)19-13-20(24-14-23-19)33-18-8-6-17(7-9-18)26-34(31,32)11-10-27-21(29)4-3-5-22(27)30/h6-9,12-14,26H,3-5,10-11H2,1-2H3. The lowest BCUT2D eigenvalue weighted by molar-refractivity contribution is -0.147. The van der Waals surface area contributed by atoms with Gasteiger partial charge in [0.05, 0.1) is 11.4 Å². The van der Waals surface area contributed by atoms with Gasteiger partial charge in [0.25, 0.3) is 0 Å². The second-order valence-electron chi connectivity index (χ2n) is 7.89. The van der Waals surface area contributed by atoms with Gasteiger partial charge in [-0.25, -0.2) is 23.1 Å². The van der Waals surface area contributed by atoms with Gasteiger partial charge in [-0.05, 0) is 50.6 Å². The summed E-state index contributed by atoms with van der Waals surface area (Å²) in [7, 11) is -3.76. The lowest BCUT2D eigenvalue weighted by Crippen LogP contribution is -2.43. The van der Waals surface area contributed by atoms with Crippen LogP contribution in [0.5, 0.6) is 11.6 Å². The number of benzene rings is 1. The maximum Gasteiger partial charge on any atom is 0.234 e. The Morgan fingerprint density at radius 3 is 2.38 bits per heavy atom. The average Bonchev–Trinajstić information content (AvgIpc) is 3.13. The Bertz CT molecular complexity index is 1300. The highest BCUT2D eigenvalue weighted by Gasteiger charge is 2.27. The predicted octanol–water partition coefficient (Wildman–Crippen LogP) is 2.35. The molecule has 0 aliphatic carbocycles. The summed E-state index contributed by atoms with van der Waals surface area (Å²) in [5.41, 5.74) is 2.12. The van der Waals surface area contributed by atoms with Crippen molar-refractivity contribution in [2.75, 3.05) is 17.0 Å². The van der Waals surface area contributed by atoms with Gasteiger partial charge in [-0.3, -0.25) is 19.2 Å². The van der Waals surface area contributed by atoms with Gasteiger partial charge in [-0.2, -0.15) is 5.10 Å². The molecule has 1 fully saturated rings. The van der Waals surface area contributed by atoms with Crippen molar-refractivity contribution in [1.29, 1.82) is 0 Å². The summed E-state index contributed by atoms with van der Waals surface area (Å²) in [5, 5.41) is 4.39. The molecule has 3 heterocycles. The maximum atomic E-state index is 12.4. The normalized spacial score (nSPS) is 14.4. The Morgan fingerprint density at radius 1 is 1.03 bits per heavy atom. The number of aromatic nitrogens is 4. The minimum absolute atomic E-state index is 0.167. The number of amides is 2. The fourth-order valence-corrected chi connectivity index (χ4v) is 4.59. The van der Waals surface area contributed by atoms with E-state index in [1.54, 1.807) is 35.0 Å². The van der Waals surface area contributed by atoms with Crippen molar-refractivity contribution < 1.29 is 22.7 Å². The smallest absolute Gasteiger partial charge is 0.234 e. The topological polar surface area (TPSA) is 136 Å². The molecule has 12 heteroatoms. The summed E-state index contributed by atoms with van der Waals surface area (Å²) in [6.45, 7) is 3.65. The number of hydrogen-bond acceptors (Lipinski definition) is 8. The first-order chi connectivity index (χ1) is 16.2. The van der Waals surface area contributed by atoms with Crippen molar-refractivity contribution >= 4 is 27.5 Å². The van der Waals surface area contributed by atoms with E-state index in [0.717, 1.165) is 16.3 Å². The summed E-state index contributed by atoms with van der Waals surface area (Å²) in [5.74, 6) is 0.272. The van der Waals surface area contributed by atoms with Gasteiger partial charge < -0.3 is 4.74 Å². The Morgan fingerprint density at radius 2 is 1.74 bits per heavy atom. The molecular formula is C22H24N6O5S. The molecule has 1 aromatic carbocycles. The largest absolute Gasteiger partial charge is 0.439 e. The number of sulfonamides is 1. The summed E-state index contributed by atoms with van der Waals surface area (Å²) < 4.78 is 34.7. The number of rotatable bonds is 8. The third kappa shape index (κ3) is 5.57. The van der Waals surface area contributed by atoms with Crippen molar-refractivity contribution in [2.45, 2.75) is 33.1 Å². The number of carbonyl (C=O) groups is 2. The van der Waals surface area contributed by atoms with E-state index in [-0.39, 0.29) is 37.0 Å². The lowest BCUT2D eigenvalue weighted by Gasteiger charge is -2.24. The number of nitrogens with zero attached hydrogens (tertiary/aromatic N) is 5. The second kappa shape index (κ2) is 9.59. The van der Waals surface area contributed by atoms with Crippen LogP contribution in [0, 0.1) is 13.8 Å². The van der Waals surface area contributed by atoms with Crippen molar-refractivity contribution in [1.82, 2.24) is 24.6 Å². The minimum Gasteiger partial charge on any atom is -0.439 e. The van der Waals surface area contributed by atoms with E-state index in [4.69, 9.17) is 4.74 Å². The molecular weight excluding hydrogens is 460 g/mol.